The van der Waals surface area contributed by atoms with Crippen LogP contribution < -0.4 is 15.0 Å². The summed E-state index contributed by atoms with van der Waals surface area (Å²) < 4.78 is 5.36. The summed E-state index contributed by atoms with van der Waals surface area (Å²) in [6.45, 7) is 7.29. The average Bonchev–Trinajstić information content (AvgIpc) is 3.19. The quantitative estimate of drug-likeness (QED) is 0.361. The van der Waals surface area contributed by atoms with Gasteiger partial charge in [-0.15, -0.1) is 0 Å². The van der Waals surface area contributed by atoms with Crippen LogP contribution in [0.4, 0.5) is 5.69 Å². The predicted molar refractivity (Wildman–Crippen MR) is 150 cm³/mol. The molecule has 200 valence electrons. The van der Waals surface area contributed by atoms with E-state index in [2.05, 4.69) is 5.32 Å². The number of nitrogens with zero attached hydrogens (tertiary/aromatic N) is 2. The lowest BCUT2D eigenvalue weighted by atomic mass is 10.1. The van der Waals surface area contributed by atoms with Gasteiger partial charge in [0.25, 0.3) is 5.91 Å². The van der Waals surface area contributed by atoms with Gasteiger partial charge in [-0.1, -0.05) is 57.2 Å². The van der Waals surface area contributed by atoms with E-state index in [1.165, 1.54) is 0 Å². The third-order valence-corrected chi connectivity index (χ3v) is 6.98. The predicted octanol–water partition coefficient (Wildman–Crippen LogP) is 5.17. The van der Waals surface area contributed by atoms with Crippen LogP contribution in [0, 0.1) is 5.92 Å². The third kappa shape index (κ3) is 5.82. The molecule has 3 amide bonds. The summed E-state index contributed by atoms with van der Waals surface area (Å²) in [5, 5.41) is 5.00. The Morgan fingerprint density at radius 1 is 1.05 bits per heavy atom. The summed E-state index contributed by atoms with van der Waals surface area (Å²) in [4.78, 5) is 43.3. The summed E-state index contributed by atoms with van der Waals surface area (Å²) in [6.07, 6.45) is 1.23. The minimum atomic E-state index is -0.584. The largest absolute Gasteiger partial charge is 0.497 e. The zero-order valence-corrected chi connectivity index (χ0v) is 22.7. The van der Waals surface area contributed by atoms with Gasteiger partial charge in [0.15, 0.2) is 0 Å². The maximum atomic E-state index is 13.6. The van der Waals surface area contributed by atoms with E-state index in [1.54, 1.807) is 16.9 Å². The Labute approximate surface area is 224 Å². The first-order valence-electron chi connectivity index (χ1n) is 13.4. The van der Waals surface area contributed by atoms with Crippen LogP contribution in [-0.4, -0.2) is 48.9 Å². The van der Waals surface area contributed by atoms with Gasteiger partial charge in [0.05, 0.1) is 12.8 Å². The van der Waals surface area contributed by atoms with Gasteiger partial charge in [-0.05, 0) is 54.0 Å². The maximum absolute atomic E-state index is 13.6. The normalized spacial score (nSPS) is 13.2. The molecule has 7 nitrogen and oxygen atoms in total. The first-order valence-corrected chi connectivity index (χ1v) is 13.4. The molecule has 3 aromatic carbocycles. The summed E-state index contributed by atoms with van der Waals surface area (Å²) in [7, 11) is 1.61. The number of hydrogen-bond acceptors (Lipinski definition) is 4. The lowest BCUT2D eigenvalue weighted by Crippen LogP contribution is -2.49. The molecule has 0 saturated heterocycles. The average molecular weight is 516 g/mol. The molecule has 4 rings (SSSR count). The SMILES string of the molecule is CCC(C(=O)NCC(C)C)N(Cc1cccc(OC)c1)C(=O)CCCN1C(=O)c2cccc3cccc1c23. The Hall–Kier alpha value is -3.87. The number of carbonyl (C=O) groups is 3. The highest BCUT2D eigenvalue weighted by Crippen LogP contribution is 2.37. The van der Waals surface area contributed by atoms with Gasteiger partial charge in [-0.2, -0.15) is 0 Å². The van der Waals surface area contributed by atoms with Gasteiger partial charge in [0, 0.05) is 37.0 Å². The molecule has 0 fully saturated rings. The maximum Gasteiger partial charge on any atom is 0.258 e. The van der Waals surface area contributed by atoms with Crippen molar-refractivity contribution in [2.75, 3.05) is 25.1 Å². The molecule has 0 saturated carbocycles. The highest BCUT2D eigenvalue weighted by atomic mass is 16.5. The second-order valence-electron chi connectivity index (χ2n) is 10.2. The summed E-state index contributed by atoms with van der Waals surface area (Å²) >= 11 is 0. The number of carbonyl (C=O) groups excluding carboxylic acids is 3. The Kier molecular flexibility index (Phi) is 8.66. The number of benzene rings is 3. The van der Waals surface area contributed by atoms with Crippen LogP contribution >= 0.6 is 0 Å². The van der Waals surface area contributed by atoms with E-state index < -0.39 is 6.04 Å². The Morgan fingerprint density at radius 2 is 1.79 bits per heavy atom. The summed E-state index contributed by atoms with van der Waals surface area (Å²) in [5.74, 6) is 0.729. The van der Waals surface area contributed by atoms with Gasteiger partial charge in [-0.25, -0.2) is 0 Å². The molecule has 1 N–H and O–H groups in total. The molecule has 1 aliphatic rings. The number of rotatable bonds is 12. The highest BCUT2D eigenvalue weighted by molar-refractivity contribution is 6.25. The lowest BCUT2D eigenvalue weighted by Gasteiger charge is -2.31. The van der Waals surface area contributed by atoms with Crippen LogP contribution in [0.3, 0.4) is 0 Å². The van der Waals surface area contributed by atoms with Crippen LogP contribution in [0.2, 0.25) is 0 Å². The van der Waals surface area contributed by atoms with Crippen LogP contribution in [-0.2, 0) is 16.1 Å². The topological polar surface area (TPSA) is 79.0 Å². The second kappa shape index (κ2) is 12.1. The van der Waals surface area contributed by atoms with Crippen molar-refractivity contribution in [3.8, 4) is 5.75 Å². The van der Waals surface area contributed by atoms with Crippen molar-refractivity contribution in [3.63, 3.8) is 0 Å². The van der Waals surface area contributed by atoms with Crippen LogP contribution in [0.25, 0.3) is 10.8 Å². The van der Waals surface area contributed by atoms with Gasteiger partial charge in [0.2, 0.25) is 11.8 Å². The van der Waals surface area contributed by atoms with Crippen LogP contribution in [0.5, 0.6) is 5.75 Å². The van der Waals surface area contributed by atoms with Crippen molar-refractivity contribution in [2.24, 2.45) is 5.92 Å². The number of methoxy groups -OCH3 is 1. The fraction of sp³-hybridized carbons (Fsp3) is 0.387. The standard InChI is InChI=1S/C31H37N3O4/c1-5-26(30(36)32-19-21(2)3)34(20-22-10-6-13-24(18-22)38-4)28(35)16-9-17-33-27-15-8-12-23-11-7-14-25(29(23)27)31(33)37/h6-8,10-15,18,21,26H,5,9,16-17,19-20H2,1-4H3,(H,32,36). The monoisotopic (exact) mass is 515 g/mol. The zero-order chi connectivity index (χ0) is 27.2. The van der Waals surface area contributed by atoms with Crippen LogP contribution in [0.15, 0.2) is 60.7 Å². The van der Waals surface area contributed by atoms with E-state index in [4.69, 9.17) is 4.74 Å². The van der Waals surface area contributed by atoms with Gasteiger partial charge >= 0.3 is 0 Å². The third-order valence-electron chi connectivity index (χ3n) is 6.98. The number of amides is 3. The Morgan fingerprint density at radius 3 is 2.50 bits per heavy atom. The van der Waals surface area contributed by atoms with E-state index in [0.717, 1.165) is 22.0 Å². The Bertz CT molecular complexity index is 1310. The first-order chi connectivity index (χ1) is 18.3. The number of hydrogen-bond donors (Lipinski definition) is 1. The van der Waals surface area contributed by atoms with Crippen molar-refractivity contribution in [2.45, 2.75) is 52.6 Å². The summed E-state index contributed by atoms with van der Waals surface area (Å²) in [6, 6.07) is 18.7. The minimum Gasteiger partial charge on any atom is -0.497 e. The zero-order valence-electron chi connectivity index (χ0n) is 22.7. The molecule has 38 heavy (non-hydrogen) atoms. The van der Waals surface area contributed by atoms with E-state index >= 15 is 0 Å². The molecule has 0 aliphatic carbocycles. The molecule has 0 radical (unpaired) electrons. The van der Waals surface area contributed by atoms with Crippen molar-refractivity contribution in [3.05, 3.63) is 71.8 Å². The summed E-state index contributed by atoms with van der Waals surface area (Å²) in [5.41, 5.74) is 2.49. The minimum absolute atomic E-state index is 0.0306. The number of nitrogens with one attached hydrogen (secondary N) is 1. The molecular formula is C31H37N3O4. The van der Waals surface area contributed by atoms with Crippen molar-refractivity contribution in [1.29, 1.82) is 0 Å². The molecule has 0 aromatic heterocycles. The van der Waals surface area contributed by atoms with E-state index in [9.17, 15) is 14.4 Å². The fourth-order valence-corrected chi connectivity index (χ4v) is 5.04. The van der Waals surface area contributed by atoms with E-state index in [0.29, 0.717) is 49.7 Å². The Balaban J connectivity index is 1.49. The number of anilines is 1. The molecule has 0 bridgehead atoms. The number of ether oxygens (including phenoxy) is 1. The molecule has 3 aromatic rings. The van der Waals surface area contributed by atoms with Crippen molar-refractivity contribution < 1.29 is 19.1 Å². The van der Waals surface area contributed by atoms with Gasteiger partial charge in [0.1, 0.15) is 11.8 Å². The van der Waals surface area contributed by atoms with Crippen molar-refractivity contribution in [1.82, 2.24) is 10.2 Å². The molecule has 1 aliphatic heterocycles. The second-order valence-corrected chi connectivity index (χ2v) is 10.2. The molecule has 7 heteroatoms. The van der Waals surface area contributed by atoms with Gasteiger partial charge in [-0.3, -0.25) is 14.4 Å². The smallest absolute Gasteiger partial charge is 0.258 e. The lowest BCUT2D eigenvalue weighted by molar-refractivity contribution is -0.141. The molecular weight excluding hydrogens is 478 g/mol. The van der Waals surface area contributed by atoms with E-state index in [-0.39, 0.29) is 24.1 Å². The fourth-order valence-electron chi connectivity index (χ4n) is 5.04. The van der Waals surface area contributed by atoms with E-state index in [1.807, 2.05) is 81.4 Å². The van der Waals surface area contributed by atoms with Crippen molar-refractivity contribution >= 4 is 34.2 Å². The van der Waals surface area contributed by atoms with Crippen LogP contribution in [0.1, 0.15) is 56.0 Å². The molecule has 1 atom stereocenters. The molecule has 0 spiro atoms. The molecule has 1 heterocycles. The van der Waals surface area contributed by atoms with Gasteiger partial charge < -0.3 is 19.9 Å². The molecule has 1 unspecified atom stereocenters. The first kappa shape index (κ1) is 27.2. The highest BCUT2D eigenvalue weighted by Gasteiger charge is 2.31.